The molecule has 0 bridgehead atoms. The van der Waals surface area contributed by atoms with Crippen molar-refractivity contribution < 1.29 is 19.1 Å². The maximum Gasteiger partial charge on any atom is 0.408 e. The number of hydrogen-bond acceptors (Lipinski definition) is 11. The van der Waals surface area contributed by atoms with E-state index in [2.05, 4.69) is 57.2 Å². The second-order valence-corrected chi connectivity index (χ2v) is 11.1. The molecule has 0 aliphatic carbocycles. The van der Waals surface area contributed by atoms with Crippen molar-refractivity contribution in [2.45, 2.75) is 64.1 Å². The van der Waals surface area contributed by atoms with E-state index in [1.165, 1.54) is 0 Å². The van der Waals surface area contributed by atoms with Gasteiger partial charge >= 0.3 is 6.09 Å². The maximum absolute atomic E-state index is 12.4. The molecule has 2 atom stereocenters. The van der Waals surface area contributed by atoms with Crippen LogP contribution in [0.25, 0.3) is 22.8 Å². The van der Waals surface area contributed by atoms with Crippen molar-refractivity contribution in [2.24, 2.45) is 5.73 Å². The third kappa shape index (κ3) is 7.34. The third-order valence-corrected chi connectivity index (χ3v) is 6.70. The first-order valence-corrected chi connectivity index (χ1v) is 13.7. The van der Waals surface area contributed by atoms with Gasteiger partial charge in [0.25, 0.3) is 0 Å². The molecule has 4 heterocycles. The molecule has 2 aromatic carbocycles. The smallest absolute Gasteiger partial charge is 0.408 e. The number of ether oxygens (including phenoxy) is 1. The van der Waals surface area contributed by atoms with Crippen molar-refractivity contribution in [3.63, 3.8) is 0 Å². The number of aromatic amines is 2. The summed E-state index contributed by atoms with van der Waals surface area (Å²) in [5.74, 6) is 0.623. The summed E-state index contributed by atoms with van der Waals surface area (Å²) in [6.45, 7) is 5.32. The summed E-state index contributed by atoms with van der Waals surface area (Å²) >= 11 is 0. The van der Waals surface area contributed by atoms with Crippen LogP contribution in [0.15, 0.2) is 36.4 Å². The molecule has 4 aromatic rings. The lowest BCUT2D eigenvalue weighted by Gasteiger charge is -2.22. The van der Waals surface area contributed by atoms with Crippen LogP contribution in [0, 0.1) is 0 Å². The molecule has 16 heteroatoms. The number of nitrogens with two attached hydrogens (primary N) is 1. The Bertz CT molecular complexity index is 1600. The molecule has 2 aliphatic rings. The minimum atomic E-state index is -0.657. The number of carbonyl (C=O) groups is 3. The van der Waals surface area contributed by atoms with E-state index in [4.69, 9.17) is 10.5 Å². The molecule has 7 N–H and O–H groups in total. The van der Waals surface area contributed by atoms with Crippen LogP contribution in [0.5, 0.6) is 0 Å². The van der Waals surface area contributed by atoms with E-state index < -0.39 is 23.8 Å². The van der Waals surface area contributed by atoms with Crippen molar-refractivity contribution in [1.29, 1.82) is 0 Å². The third-order valence-electron chi connectivity index (χ3n) is 6.70. The van der Waals surface area contributed by atoms with Gasteiger partial charge in [0, 0.05) is 22.5 Å². The zero-order valence-corrected chi connectivity index (χ0v) is 23.8. The SMILES string of the molecule is CC(C)(C)OC(=O)N[C@H]1CCc2cc(-c3nn[nH]n3)ccc2NC1=O.N[C@H]1CCc2cc(-c3nn[nH]n3)ccc2NC1=O. The highest BCUT2D eigenvalue weighted by Gasteiger charge is 2.27. The Kier molecular flexibility index (Phi) is 8.38. The number of anilines is 2. The number of H-pyrrole nitrogens is 2. The monoisotopic (exact) mass is 588 g/mol. The molecule has 2 aliphatic heterocycles. The van der Waals surface area contributed by atoms with Crippen LogP contribution in [0.3, 0.4) is 0 Å². The zero-order valence-electron chi connectivity index (χ0n) is 23.8. The average Bonchev–Trinajstić information content (AvgIpc) is 3.65. The molecule has 0 radical (unpaired) electrons. The van der Waals surface area contributed by atoms with Gasteiger partial charge in [-0.1, -0.05) is 0 Å². The Morgan fingerprint density at radius 2 is 1.40 bits per heavy atom. The summed E-state index contributed by atoms with van der Waals surface area (Å²) in [6.07, 6.45) is 1.86. The van der Waals surface area contributed by atoms with Crippen molar-refractivity contribution in [2.75, 3.05) is 10.6 Å². The molecule has 224 valence electrons. The van der Waals surface area contributed by atoms with Gasteiger partial charge in [-0.3, -0.25) is 9.59 Å². The molecule has 0 saturated carbocycles. The van der Waals surface area contributed by atoms with Crippen LogP contribution in [0.4, 0.5) is 16.2 Å². The normalized spacial score (nSPS) is 18.0. The van der Waals surface area contributed by atoms with E-state index in [0.29, 0.717) is 36.6 Å². The number of rotatable bonds is 3. The number of aryl methyl sites for hydroxylation is 2. The Morgan fingerprint density at radius 3 is 1.91 bits per heavy atom. The number of hydrogen-bond donors (Lipinski definition) is 6. The van der Waals surface area contributed by atoms with Crippen LogP contribution in [0.2, 0.25) is 0 Å². The number of aromatic nitrogens is 8. The molecular weight excluding hydrogens is 556 g/mol. The van der Waals surface area contributed by atoms with Crippen LogP contribution in [-0.4, -0.2) is 76.8 Å². The van der Waals surface area contributed by atoms with Gasteiger partial charge in [0.2, 0.25) is 23.5 Å². The first kappa shape index (κ1) is 29.2. The Labute approximate surface area is 245 Å². The number of tetrazole rings is 2. The van der Waals surface area contributed by atoms with Crippen molar-refractivity contribution in [3.05, 3.63) is 47.5 Å². The van der Waals surface area contributed by atoms with Crippen molar-refractivity contribution in [1.82, 2.24) is 46.6 Å². The van der Waals surface area contributed by atoms with E-state index >= 15 is 0 Å². The highest BCUT2D eigenvalue weighted by atomic mass is 16.6. The molecule has 3 amide bonds. The topological polar surface area (TPSA) is 231 Å². The number of nitrogens with one attached hydrogen (secondary N) is 5. The number of amides is 3. The maximum atomic E-state index is 12.4. The van der Waals surface area contributed by atoms with E-state index in [1.54, 1.807) is 26.8 Å². The largest absolute Gasteiger partial charge is 0.444 e. The molecular formula is C27H32N12O4. The summed E-state index contributed by atoms with van der Waals surface area (Å²) in [5.41, 5.74) is 10.3. The summed E-state index contributed by atoms with van der Waals surface area (Å²) in [4.78, 5) is 35.9. The van der Waals surface area contributed by atoms with Gasteiger partial charge in [-0.25, -0.2) is 4.79 Å². The Balaban J connectivity index is 0.000000180. The lowest BCUT2D eigenvalue weighted by atomic mass is 10.0. The zero-order chi connectivity index (χ0) is 30.6. The van der Waals surface area contributed by atoms with Crippen LogP contribution < -0.4 is 21.7 Å². The number of carbonyl (C=O) groups excluding carboxylic acids is 3. The average molecular weight is 589 g/mol. The number of nitrogens with zero attached hydrogens (tertiary/aromatic N) is 6. The Morgan fingerprint density at radius 1 is 0.860 bits per heavy atom. The standard InChI is InChI=1S/C16H20N6O3.C11H12N6O/c1-16(2,3)25-15(24)18-12-7-4-9-8-10(13-19-21-22-20-13)5-6-11(9)17-14(12)23;12-8-3-1-6-5-7(10-14-16-17-15-10)2-4-9(6)13-11(8)18/h5-6,8,12H,4,7H2,1-3H3,(H,17,23)(H,18,24)(H,19,20,21,22);2,4-5,8H,1,3,12H2,(H,13,18)(H,14,15,16,17)/t12-;8-/m00/s1. The highest BCUT2D eigenvalue weighted by molar-refractivity contribution is 5.98. The predicted molar refractivity (Wildman–Crippen MR) is 154 cm³/mol. The summed E-state index contributed by atoms with van der Waals surface area (Å²) in [5, 5.41) is 36.0. The fraction of sp³-hybridized carbons (Fsp3) is 0.370. The second-order valence-electron chi connectivity index (χ2n) is 11.1. The molecule has 0 spiro atoms. The minimum Gasteiger partial charge on any atom is -0.444 e. The predicted octanol–water partition coefficient (Wildman–Crippen LogP) is 1.72. The van der Waals surface area contributed by atoms with Gasteiger partial charge < -0.3 is 26.4 Å². The van der Waals surface area contributed by atoms with Gasteiger partial charge in [0.1, 0.15) is 11.6 Å². The Hall–Kier alpha value is -5.25. The highest BCUT2D eigenvalue weighted by Crippen LogP contribution is 2.28. The number of benzene rings is 2. The second kappa shape index (κ2) is 12.3. The fourth-order valence-corrected chi connectivity index (χ4v) is 4.60. The van der Waals surface area contributed by atoms with Crippen LogP contribution >= 0.6 is 0 Å². The lowest BCUT2D eigenvalue weighted by molar-refractivity contribution is -0.118. The van der Waals surface area contributed by atoms with Gasteiger partial charge in [-0.05, 0) is 104 Å². The van der Waals surface area contributed by atoms with Crippen molar-refractivity contribution in [3.8, 4) is 22.8 Å². The quantitative estimate of drug-likeness (QED) is 0.202. The van der Waals surface area contributed by atoms with Crippen LogP contribution in [0.1, 0.15) is 44.7 Å². The van der Waals surface area contributed by atoms with E-state index in [1.807, 2.05) is 30.3 Å². The van der Waals surface area contributed by atoms with Gasteiger partial charge in [-0.15, -0.1) is 20.4 Å². The van der Waals surface area contributed by atoms with Gasteiger partial charge in [0.15, 0.2) is 0 Å². The van der Waals surface area contributed by atoms with Gasteiger partial charge in [-0.2, -0.15) is 10.4 Å². The van der Waals surface area contributed by atoms with E-state index in [9.17, 15) is 14.4 Å². The number of fused-ring (bicyclic) bond motifs is 2. The molecule has 0 saturated heterocycles. The summed E-state index contributed by atoms with van der Waals surface area (Å²) < 4.78 is 5.22. The molecule has 16 nitrogen and oxygen atoms in total. The fourth-order valence-electron chi connectivity index (χ4n) is 4.60. The molecule has 0 unspecified atom stereocenters. The van der Waals surface area contributed by atoms with E-state index in [0.717, 1.165) is 34.4 Å². The molecule has 2 aromatic heterocycles. The summed E-state index contributed by atoms with van der Waals surface area (Å²) in [6, 6.07) is 10.1. The molecule has 6 rings (SSSR count). The molecule has 0 fully saturated rings. The van der Waals surface area contributed by atoms with Gasteiger partial charge in [0.05, 0.1) is 6.04 Å². The van der Waals surface area contributed by atoms with E-state index in [-0.39, 0.29) is 11.8 Å². The first-order chi connectivity index (χ1) is 20.6. The first-order valence-electron chi connectivity index (χ1n) is 13.7. The van der Waals surface area contributed by atoms with Crippen molar-refractivity contribution >= 4 is 29.3 Å². The lowest BCUT2D eigenvalue weighted by Crippen LogP contribution is -2.45. The minimum absolute atomic E-state index is 0.138. The number of alkyl carbamates (subject to hydrolysis) is 1. The summed E-state index contributed by atoms with van der Waals surface area (Å²) in [7, 11) is 0. The molecule has 43 heavy (non-hydrogen) atoms. The van der Waals surface area contributed by atoms with Crippen LogP contribution in [-0.2, 0) is 27.2 Å².